The minimum atomic E-state index is -0.759. The zero-order valence-corrected chi connectivity index (χ0v) is 15.5. The fraction of sp³-hybridized carbons (Fsp3) is 0.667. The van der Waals surface area contributed by atoms with Gasteiger partial charge in [0.1, 0.15) is 0 Å². The molecule has 0 aromatic heterocycles. The van der Waals surface area contributed by atoms with Crippen LogP contribution in [0.1, 0.15) is 45.4 Å². The summed E-state index contributed by atoms with van der Waals surface area (Å²) in [6.45, 7) is 1.59. The van der Waals surface area contributed by atoms with Gasteiger partial charge >= 0.3 is 5.97 Å². The smallest absolute Gasteiger partial charge is 0.303 e. The van der Waals surface area contributed by atoms with Crippen LogP contribution in [0.3, 0.4) is 0 Å². The van der Waals surface area contributed by atoms with Gasteiger partial charge in [-0.15, -0.1) is 0 Å². The molecule has 0 amide bonds. The molecular weight excluding hydrogens is 328 g/mol. The van der Waals surface area contributed by atoms with E-state index < -0.39 is 5.97 Å². The summed E-state index contributed by atoms with van der Waals surface area (Å²) in [5.74, 6) is -0.711. The van der Waals surface area contributed by atoms with E-state index in [0.29, 0.717) is 6.42 Å². The Kier molecular flexibility index (Phi) is 9.98. The summed E-state index contributed by atoms with van der Waals surface area (Å²) in [6, 6.07) is 0. The SMILES string of the molecule is COC(OC)[C@H]1C(CC=CCCCC(=O)O)=CCC[C@H]1SC(C)=O. The van der Waals surface area contributed by atoms with Crippen LogP contribution in [0, 0.1) is 5.92 Å². The van der Waals surface area contributed by atoms with Gasteiger partial charge in [-0.2, -0.15) is 0 Å². The minimum Gasteiger partial charge on any atom is -0.481 e. The lowest BCUT2D eigenvalue weighted by molar-refractivity contribution is -0.137. The summed E-state index contributed by atoms with van der Waals surface area (Å²) in [4.78, 5) is 22.0. The van der Waals surface area contributed by atoms with E-state index >= 15 is 0 Å². The molecule has 0 fully saturated rings. The Morgan fingerprint density at radius 1 is 1.38 bits per heavy atom. The summed E-state index contributed by atoms with van der Waals surface area (Å²) < 4.78 is 11.0. The van der Waals surface area contributed by atoms with Crippen molar-refractivity contribution in [2.45, 2.75) is 57.0 Å². The van der Waals surface area contributed by atoms with Crippen LogP contribution < -0.4 is 0 Å². The molecule has 0 heterocycles. The van der Waals surface area contributed by atoms with E-state index in [0.717, 1.165) is 25.7 Å². The second-order valence-electron chi connectivity index (χ2n) is 5.83. The molecule has 5 nitrogen and oxygen atoms in total. The molecule has 0 unspecified atom stereocenters. The molecule has 0 aromatic carbocycles. The summed E-state index contributed by atoms with van der Waals surface area (Å²) in [5.41, 5.74) is 1.23. The maximum Gasteiger partial charge on any atom is 0.303 e. The standard InChI is InChI=1S/C18H28O5S/c1-13(19)24-15-11-8-10-14(17(15)18(22-2)23-3)9-6-4-5-7-12-16(20)21/h4,6,10,15,17-18H,5,7-9,11-12H2,1-3H3,(H,20,21)/t15-,17+/m1/s1. The predicted molar refractivity (Wildman–Crippen MR) is 95.9 cm³/mol. The molecule has 136 valence electrons. The number of unbranched alkanes of at least 4 members (excludes halogenated alkanes) is 1. The van der Waals surface area contributed by atoms with Crippen LogP contribution in [0.4, 0.5) is 0 Å². The lowest BCUT2D eigenvalue weighted by Gasteiger charge is -2.35. The van der Waals surface area contributed by atoms with E-state index in [4.69, 9.17) is 14.6 Å². The number of aliphatic carboxylic acids is 1. The van der Waals surface area contributed by atoms with Crippen molar-refractivity contribution in [1.29, 1.82) is 0 Å². The molecule has 6 heteroatoms. The van der Waals surface area contributed by atoms with E-state index in [1.54, 1.807) is 21.1 Å². The lowest BCUT2D eigenvalue weighted by Crippen LogP contribution is -2.36. The highest BCUT2D eigenvalue weighted by Crippen LogP contribution is 2.39. The molecule has 0 bridgehead atoms. The fourth-order valence-corrected chi connectivity index (χ4v) is 4.13. The van der Waals surface area contributed by atoms with E-state index in [2.05, 4.69) is 12.2 Å². The Hall–Kier alpha value is -1.11. The van der Waals surface area contributed by atoms with Crippen molar-refractivity contribution < 1.29 is 24.2 Å². The number of carboxylic acids is 1. The normalized spacial score (nSPS) is 21.2. The third kappa shape index (κ3) is 7.20. The van der Waals surface area contributed by atoms with Crippen molar-refractivity contribution in [2.24, 2.45) is 5.92 Å². The number of hydrogen-bond acceptors (Lipinski definition) is 5. The number of allylic oxidation sites excluding steroid dienone is 3. The summed E-state index contributed by atoms with van der Waals surface area (Å²) in [5, 5.41) is 8.91. The average Bonchev–Trinajstić information content (AvgIpc) is 2.53. The van der Waals surface area contributed by atoms with Gasteiger partial charge in [-0.25, -0.2) is 0 Å². The molecule has 0 saturated heterocycles. The van der Waals surface area contributed by atoms with Gasteiger partial charge in [0.25, 0.3) is 0 Å². The first-order valence-corrected chi connectivity index (χ1v) is 9.16. The van der Waals surface area contributed by atoms with Gasteiger partial charge in [0.2, 0.25) is 0 Å². The maximum atomic E-state index is 11.6. The molecule has 24 heavy (non-hydrogen) atoms. The van der Waals surface area contributed by atoms with Crippen molar-refractivity contribution in [3.63, 3.8) is 0 Å². The first-order chi connectivity index (χ1) is 11.5. The molecule has 0 aliphatic heterocycles. The van der Waals surface area contributed by atoms with E-state index in [9.17, 15) is 9.59 Å². The van der Waals surface area contributed by atoms with Crippen molar-refractivity contribution in [2.75, 3.05) is 14.2 Å². The molecule has 1 aliphatic carbocycles. The number of ether oxygens (including phenoxy) is 2. The van der Waals surface area contributed by atoms with Crippen LogP contribution in [0.15, 0.2) is 23.8 Å². The number of hydrogen-bond donors (Lipinski definition) is 1. The Bertz CT molecular complexity index is 468. The Morgan fingerprint density at radius 2 is 2.08 bits per heavy atom. The van der Waals surface area contributed by atoms with Crippen LogP contribution in [0.5, 0.6) is 0 Å². The monoisotopic (exact) mass is 356 g/mol. The molecular formula is C18H28O5S. The highest BCUT2D eigenvalue weighted by atomic mass is 32.2. The fourth-order valence-electron chi connectivity index (χ4n) is 3.00. The first kappa shape index (κ1) is 20.9. The number of carboxylic acid groups (broad SMARTS) is 1. The second-order valence-corrected chi connectivity index (χ2v) is 7.25. The van der Waals surface area contributed by atoms with Gasteiger partial charge in [-0.05, 0) is 32.1 Å². The summed E-state index contributed by atoms with van der Waals surface area (Å²) >= 11 is 1.37. The van der Waals surface area contributed by atoms with Crippen LogP contribution in [0.2, 0.25) is 0 Å². The second kappa shape index (κ2) is 11.4. The molecule has 0 aromatic rings. The quantitative estimate of drug-likeness (QED) is 0.365. The summed E-state index contributed by atoms with van der Waals surface area (Å²) in [7, 11) is 3.25. The molecule has 1 rings (SSSR count). The first-order valence-electron chi connectivity index (χ1n) is 8.28. The Labute approximate surface area is 148 Å². The molecule has 1 aliphatic rings. The zero-order valence-electron chi connectivity index (χ0n) is 14.7. The van der Waals surface area contributed by atoms with Crippen molar-refractivity contribution in [3.05, 3.63) is 23.8 Å². The molecule has 0 saturated carbocycles. The van der Waals surface area contributed by atoms with Crippen molar-refractivity contribution in [1.82, 2.24) is 0 Å². The average molecular weight is 356 g/mol. The van der Waals surface area contributed by atoms with Gasteiger partial charge in [-0.1, -0.05) is 35.6 Å². The molecule has 2 atom stereocenters. The van der Waals surface area contributed by atoms with E-state index in [-0.39, 0.29) is 29.0 Å². The largest absolute Gasteiger partial charge is 0.481 e. The van der Waals surface area contributed by atoms with Crippen LogP contribution in [0.25, 0.3) is 0 Å². The lowest BCUT2D eigenvalue weighted by atomic mass is 9.84. The number of thioether (sulfide) groups is 1. The number of methoxy groups -OCH3 is 2. The Morgan fingerprint density at radius 3 is 2.67 bits per heavy atom. The number of rotatable bonds is 10. The van der Waals surface area contributed by atoms with Crippen molar-refractivity contribution >= 4 is 22.8 Å². The van der Waals surface area contributed by atoms with Crippen LogP contribution in [-0.2, 0) is 19.1 Å². The molecule has 0 spiro atoms. The van der Waals surface area contributed by atoms with E-state index in [1.807, 2.05) is 6.08 Å². The molecule has 1 N–H and O–H groups in total. The predicted octanol–water partition coefficient (Wildman–Crippen LogP) is 3.79. The molecule has 0 radical (unpaired) electrons. The maximum absolute atomic E-state index is 11.6. The highest BCUT2D eigenvalue weighted by molar-refractivity contribution is 8.14. The highest BCUT2D eigenvalue weighted by Gasteiger charge is 2.35. The number of carbonyl (C=O) groups is 2. The Balaban J connectivity index is 2.70. The third-order valence-electron chi connectivity index (χ3n) is 4.04. The van der Waals surface area contributed by atoms with Gasteiger partial charge in [0.15, 0.2) is 11.4 Å². The van der Waals surface area contributed by atoms with Crippen LogP contribution in [-0.4, -0.2) is 42.0 Å². The third-order valence-corrected chi connectivity index (χ3v) is 5.21. The van der Waals surface area contributed by atoms with Gasteiger partial charge in [0.05, 0.1) is 0 Å². The summed E-state index contributed by atoms with van der Waals surface area (Å²) in [6.07, 6.45) is 10.2. The topological polar surface area (TPSA) is 72.8 Å². The van der Waals surface area contributed by atoms with E-state index in [1.165, 1.54) is 17.3 Å². The van der Waals surface area contributed by atoms with Gasteiger partial charge in [0, 0.05) is 38.7 Å². The van der Waals surface area contributed by atoms with Crippen molar-refractivity contribution in [3.8, 4) is 0 Å². The van der Waals surface area contributed by atoms with Gasteiger partial charge in [-0.3, -0.25) is 9.59 Å². The van der Waals surface area contributed by atoms with Crippen LogP contribution >= 0.6 is 11.8 Å². The van der Waals surface area contributed by atoms with Gasteiger partial charge < -0.3 is 14.6 Å². The minimum absolute atomic E-state index is 0.0475. The number of carbonyl (C=O) groups excluding carboxylic acids is 1. The zero-order chi connectivity index (χ0) is 17.9.